The summed E-state index contributed by atoms with van der Waals surface area (Å²) < 4.78 is 11.5. The number of aromatic nitrogens is 1. The molecule has 0 atom stereocenters. The van der Waals surface area contributed by atoms with Crippen molar-refractivity contribution in [3.05, 3.63) is 64.3 Å². The van der Waals surface area contributed by atoms with Gasteiger partial charge in [-0.05, 0) is 35.9 Å². The van der Waals surface area contributed by atoms with E-state index in [1.165, 1.54) is 0 Å². The van der Waals surface area contributed by atoms with Gasteiger partial charge >= 0.3 is 5.97 Å². The lowest BCUT2D eigenvalue weighted by molar-refractivity contribution is -0.119. The number of hydrogen-bond acceptors (Lipinski definition) is 4. The van der Waals surface area contributed by atoms with Crippen molar-refractivity contribution in [1.29, 1.82) is 0 Å². The second-order valence-corrected chi connectivity index (χ2v) is 6.29. The third-order valence-electron chi connectivity index (χ3n) is 3.51. The van der Waals surface area contributed by atoms with Crippen molar-refractivity contribution in [3.8, 4) is 5.75 Å². The molecule has 7 heteroatoms. The molecule has 0 saturated carbocycles. The molecule has 3 rings (SSSR count). The fourth-order valence-corrected chi connectivity index (χ4v) is 2.73. The lowest BCUT2D eigenvalue weighted by atomic mass is 10.2. The topological polar surface area (TPSA) is 94.4 Å². The number of carbonyl (C=O) groups is 2. The molecule has 25 heavy (non-hydrogen) atoms. The van der Waals surface area contributed by atoms with Crippen molar-refractivity contribution in [2.24, 2.45) is 5.73 Å². The predicted molar refractivity (Wildman–Crippen MR) is 96.2 cm³/mol. The number of carbonyl (C=O) groups excluding carboxylic acids is 2. The molecule has 2 aromatic carbocycles. The maximum Gasteiger partial charge on any atom is 0.340 e. The van der Waals surface area contributed by atoms with E-state index in [9.17, 15) is 9.59 Å². The van der Waals surface area contributed by atoms with E-state index in [4.69, 9.17) is 15.2 Å². The first-order chi connectivity index (χ1) is 12.0. The molecule has 3 aromatic rings. The lowest BCUT2D eigenvalue weighted by Gasteiger charge is -2.07. The van der Waals surface area contributed by atoms with Crippen molar-refractivity contribution in [2.45, 2.75) is 6.61 Å². The van der Waals surface area contributed by atoms with Gasteiger partial charge in [-0.2, -0.15) is 0 Å². The molecule has 6 nitrogen and oxygen atoms in total. The largest absolute Gasteiger partial charge is 0.484 e. The van der Waals surface area contributed by atoms with Crippen LogP contribution in [0.5, 0.6) is 5.75 Å². The van der Waals surface area contributed by atoms with Crippen LogP contribution in [0.3, 0.4) is 0 Å². The Morgan fingerprint density at radius 1 is 1.16 bits per heavy atom. The minimum Gasteiger partial charge on any atom is -0.484 e. The zero-order chi connectivity index (χ0) is 17.8. The fraction of sp³-hybridized carbons (Fsp3) is 0.111. The monoisotopic (exact) mass is 402 g/mol. The van der Waals surface area contributed by atoms with E-state index in [-0.39, 0.29) is 13.2 Å². The minimum absolute atomic E-state index is 0.0906. The highest BCUT2D eigenvalue weighted by atomic mass is 79.9. The second kappa shape index (κ2) is 7.40. The van der Waals surface area contributed by atoms with Gasteiger partial charge in [0.25, 0.3) is 5.91 Å². The maximum absolute atomic E-state index is 12.4. The summed E-state index contributed by atoms with van der Waals surface area (Å²) in [6.07, 6.45) is 1.63. The number of halogens is 1. The molecule has 3 N–H and O–H groups in total. The average molecular weight is 403 g/mol. The molecule has 1 amide bonds. The van der Waals surface area contributed by atoms with Crippen molar-refractivity contribution in [2.75, 3.05) is 6.61 Å². The van der Waals surface area contributed by atoms with Crippen molar-refractivity contribution in [3.63, 3.8) is 0 Å². The molecule has 0 saturated heterocycles. The Morgan fingerprint density at radius 3 is 2.80 bits per heavy atom. The van der Waals surface area contributed by atoms with Crippen LogP contribution in [0.25, 0.3) is 10.9 Å². The molecular weight excluding hydrogens is 388 g/mol. The number of aromatic amines is 1. The van der Waals surface area contributed by atoms with Gasteiger partial charge in [-0.1, -0.05) is 28.1 Å². The zero-order valence-corrected chi connectivity index (χ0v) is 14.7. The maximum atomic E-state index is 12.4. The average Bonchev–Trinajstić information content (AvgIpc) is 3.01. The molecule has 1 aromatic heterocycles. The first kappa shape index (κ1) is 17.0. The van der Waals surface area contributed by atoms with Crippen LogP contribution in [-0.2, 0) is 16.1 Å². The Bertz CT molecular complexity index is 936. The number of hydrogen-bond donors (Lipinski definition) is 2. The third-order valence-corrected chi connectivity index (χ3v) is 4.01. The molecule has 1 heterocycles. The van der Waals surface area contributed by atoms with Gasteiger partial charge in [-0.3, -0.25) is 4.79 Å². The zero-order valence-electron chi connectivity index (χ0n) is 13.1. The van der Waals surface area contributed by atoms with E-state index in [0.717, 1.165) is 20.9 Å². The fourth-order valence-electron chi connectivity index (χ4n) is 2.37. The molecule has 0 aliphatic heterocycles. The molecule has 0 bridgehead atoms. The minimum atomic E-state index is -0.553. The summed E-state index contributed by atoms with van der Waals surface area (Å²) in [6.45, 7) is -0.110. The highest BCUT2D eigenvalue weighted by Crippen LogP contribution is 2.23. The summed E-state index contributed by atoms with van der Waals surface area (Å²) in [7, 11) is 0. The molecule has 0 aliphatic carbocycles. The number of ether oxygens (including phenoxy) is 2. The highest BCUT2D eigenvalue weighted by Gasteiger charge is 2.14. The van der Waals surface area contributed by atoms with Crippen LogP contribution in [0.2, 0.25) is 0 Å². The van der Waals surface area contributed by atoms with Gasteiger partial charge in [0.1, 0.15) is 12.4 Å². The van der Waals surface area contributed by atoms with Gasteiger partial charge in [0.05, 0.1) is 5.56 Å². The summed E-state index contributed by atoms with van der Waals surface area (Å²) >= 11 is 3.40. The lowest BCUT2D eigenvalue weighted by Crippen LogP contribution is -2.20. The summed E-state index contributed by atoms with van der Waals surface area (Å²) in [6, 6.07) is 12.6. The van der Waals surface area contributed by atoms with Crippen LogP contribution in [0.4, 0.5) is 0 Å². The van der Waals surface area contributed by atoms with Gasteiger partial charge in [0, 0.05) is 21.6 Å². The summed E-state index contributed by atoms with van der Waals surface area (Å²) in [5, 5.41) is 0.790. The van der Waals surface area contributed by atoms with Crippen LogP contribution in [0.1, 0.15) is 15.9 Å². The van der Waals surface area contributed by atoms with Gasteiger partial charge in [0.15, 0.2) is 6.61 Å². The number of primary amides is 1. The van der Waals surface area contributed by atoms with E-state index in [1.54, 1.807) is 30.5 Å². The van der Waals surface area contributed by atoms with E-state index in [0.29, 0.717) is 11.3 Å². The molecule has 0 radical (unpaired) electrons. The highest BCUT2D eigenvalue weighted by molar-refractivity contribution is 9.10. The van der Waals surface area contributed by atoms with Crippen LogP contribution >= 0.6 is 15.9 Å². The number of fused-ring (bicyclic) bond motifs is 1. The van der Waals surface area contributed by atoms with Crippen LogP contribution < -0.4 is 10.5 Å². The second-order valence-electron chi connectivity index (χ2n) is 5.37. The normalized spacial score (nSPS) is 10.6. The molecule has 0 spiro atoms. The summed E-state index contributed by atoms with van der Waals surface area (Å²) in [5.41, 5.74) is 7.12. The number of benzene rings is 2. The number of nitrogens with two attached hydrogens (primary N) is 1. The third kappa shape index (κ3) is 4.19. The van der Waals surface area contributed by atoms with Gasteiger partial charge < -0.3 is 20.2 Å². The summed E-state index contributed by atoms with van der Waals surface area (Å²) in [5.74, 6) is -0.487. The van der Waals surface area contributed by atoms with E-state index >= 15 is 0 Å². The van der Waals surface area contributed by atoms with Crippen molar-refractivity contribution < 1.29 is 19.1 Å². The first-order valence-electron chi connectivity index (χ1n) is 7.47. The molecule has 0 aliphatic rings. The van der Waals surface area contributed by atoms with Gasteiger partial charge in [-0.15, -0.1) is 0 Å². The van der Waals surface area contributed by atoms with Crippen molar-refractivity contribution >= 4 is 38.7 Å². The number of esters is 1. The molecule has 0 unspecified atom stereocenters. The number of rotatable bonds is 6. The first-order valence-corrected chi connectivity index (χ1v) is 8.26. The smallest absolute Gasteiger partial charge is 0.340 e. The Balaban J connectivity index is 1.68. The van der Waals surface area contributed by atoms with Crippen LogP contribution in [0, 0.1) is 0 Å². The van der Waals surface area contributed by atoms with E-state index < -0.39 is 11.9 Å². The van der Waals surface area contributed by atoms with E-state index in [1.807, 2.05) is 18.2 Å². The summed E-state index contributed by atoms with van der Waals surface area (Å²) in [4.78, 5) is 26.2. The Morgan fingerprint density at radius 2 is 2.00 bits per heavy atom. The van der Waals surface area contributed by atoms with E-state index in [2.05, 4.69) is 20.9 Å². The standard InChI is InChI=1S/C18H15BrN2O4/c19-12-4-5-16-14(7-12)15(8-21-16)18(23)25-9-11-2-1-3-13(6-11)24-10-17(20)22/h1-8,21H,9-10H2,(H2,20,22). The SMILES string of the molecule is NC(=O)COc1cccc(COC(=O)c2c[nH]c3ccc(Br)cc23)c1. The molecule has 0 fully saturated rings. The quantitative estimate of drug-likeness (QED) is 0.619. The van der Waals surface area contributed by atoms with Crippen LogP contribution in [-0.4, -0.2) is 23.5 Å². The number of amides is 1. The molecular formula is C18H15BrN2O4. The molecule has 128 valence electrons. The van der Waals surface area contributed by atoms with Crippen molar-refractivity contribution in [1.82, 2.24) is 4.98 Å². The van der Waals surface area contributed by atoms with Gasteiger partial charge in [-0.25, -0.2) is 4.79 Å². The Hall–Kier alpha value is -2.80. The number of nitrogens with one attached hydrogen (secondary N) is 1. The Labute approximate surface area is 152 Å². The van der Waals surface area contributed by atoms with Gasteiger partial charge in [0.2, 0.25) is 0 Å². The van der Waals surface area contributed by atoms with Crippen LogP contribution in [0.15, 0.2) is 53.1 Å². The number of H-pyrrole nitrogens is 1. The Kier molecular flexibility index (Phi) is 5.04. The predicted octanol–water partition coefficient (Wildman–Crippen LogP) is 3.15.